The molecule has 0 aromatic heterocycles. The second-order valence-corrected chi connectivity index (χ2v) is 6.27. The Morgan fingerprint density at radius 3 is 2.82 bits per heavy atom. The summed E-state index contributed by atoms with van der Waals surface area (Å²) in [6.07, 6.45) is 0.949. The maximum absolute atomic E-state index is 11.0. The van der Waals surface area contributed by atoms with Crippen LogP contribution in [0.25, 0.3) is 0 Å². The van der Waals surface area contributed by atoms with Gasteiger partial charge < -0.3 is 4.90 Å². The van der Waals surface area contributed by atoms with Crippen molar-refractivity contribution < 1.29 is 4.92 Å². The second kappa shape index (κ2) is 5.14. The van der Waals surface area contributed by atoms with Crippen molar-refractivity contribution in [1.29, 1.82) is 0 Å². The number of aliphatic imine (C=N–C) groups is 1. The summed E-state index contributed by atoms with van der Waals surface area (Å²) in [4.78, 5) is 18.3. The van der Waals surface area contributed by atoms with Crippen molar-refractivity contribution in [2.24, 2.45) is 4.99 Å². The monoisotopic (exact) mass is 311 g/mol. The number of nitro benzene ring substituents is 1. The van der Waals surface area contributed by atoms with Gasteiger partial charge in [0.25, 0.3) is 5.69 Å². The fraction of sp³-hybridized carbons (Fsp3) is 0.188. The average Bonchev–Trinajstić information content (AvgIpc) is 2.93. The Balaban J connectivity index is 1.78. The zero-order valence-corrected chi connectivity index (χ0v) is 12.5. The molecule has 2 aliphatic heterocycles. The SMILES string of the molecule is O=[N+]([O-])c1ccc2c(c1)SC1=NCCC(c3ccccc3)N12. The average molecular weight is 311 g/mol. The van der Waals surface area contributed by atoms with Crippen LogP contribution < -0.4 is 4.90 Å². The van der Waals surface area contributed by atoms with Crippen molar-refractivity contribution in [3.63, 3.8) is 0 Å². The molecule has 2 aromatic carbocycles. The number of amidine groups is 1. The van der Waals surface area contributed by atoms with Crippen LogP contribution in [0.15, 0.2) is 58.4 Å². The molecule has 2 heterocycles. The Hall–Kier alpha value is -2.34. The van der Waals surface area contributed by atoms with Gasteiger partial charge >= 0.3 is 0 Å². The molecule has 0 fully saturated rings. The highest BCUT2D eigenvalue weighted by molar-refractivity contribution is 8.14. The van der Waals surface area contributed by atoms with Gasteiger partial charge in [-0.05, 0) is 29.8 Å². The number of rotatable bonds is 2. The van der Waals surface area contributed by atoms with Crippen LogP contribution >= 0.6 is 11.8 Å². The third-order valence-corrected chi connectivity index (χ3v) is 5.02. The van der Waals surface area contributed by atoms with E-state index in [4.69, 9.17) is 0 Å². The lowest BCUT2D eigenvalue weighted by atomic mass is 10.0. The molecule has 0 aliphatic carbocycles. The summed E-state index contributed by atoms with van der Waals surface area (Å²) < 4.78 is 0. The standard InChI is InChI=1S/C16H13N3O2S/c20-19(21)12-6-7-14-15(10-12)22-16-17-9-8-13(18(14)16)11-4-2-1-3-5-11/h1-7,10,13H,8-9H2. The van der Waals surface area contributed by atoms with Crippen molar-refractivity contribution in [2.45, 2.75) is 17.4 Å². The molecular weight excluding hydrogens is 298 g/mol. The predicted molar refractivity (Wildman–Crippen MR) is 87.5 cm³/mol. The minimum Gasteiger partial charge on any atom is -0.312 e. The highest BCUT2D eigenvalue weighted by Crippen LogP contribution is 2.48. The topological polar surface area (TPSA) is 58.7 Å². The molecule has 4 rings (SSSR count). The first-order valence-electron chi connectivity index (χ1n) is 7.09. The van der Waals surface area contributed by atoms with Gasteiger partial charge in [0.1, 0.15) is 0 Å². The number of anilines is 1. The smallest absolute Gasteiger partial charge is 0.270 e. The van der Waals surface area contributed by atoms with Gasteiger partial charge in [0.2, 0.25) is 0 Å². The maximum Gasteiger partial charge on any atom is 0.270 e. The van der Waals surface area contributed by atoms with E-state index >= 15 is 0 Å². The van der Waals surface area contributed by atoms with E-state index in [9.17, 15) is 10.1 Å². The van der Waals surface area contributed by atoms with Crippen LogP contribution in [-0.4, -0.2) is 16.6 Å². The minimum atomic E-state index is -0.353. The Kier molecular flexibility index (Phi) is 3.11. The van der Waals surface area contributed by atoms with E-state index in [1.54, 1.807) is 12.1 Å². The summed E-state index contributed by atoms with van der Waals surface area (Å²) in [6.45, 7) is 0.786. The van der Waals surface area contributed by atoms with E-state index in [-0.39, 0.29) is 16.7 Å². The number of hydrogen-bond acceptors (Lipinski definition) is 5. The fourth-order valence-electron chi connectivity index (χ4n) is 2.96. The molecule has 2 aliphatic rings. The van der Waals surface area contributed by atoms with E-state index < -0.39 is 0 Å². The van der Waals surface area contributed by atoms with Gasteiger partial charge in [-0.15, -0.1) is 0 Å². The van der Waals surface area contributed by atoms with Crippen LogP contribution in [0.4, 0.5) is 11.4 Å². The quantitative estimate of drug-likeness (QED) is 0.621. The summed E-state index contributed by atoms with van der Waals surface area (Å²) >= 11 is 1.52. The van der Waals surface area contributed by atoms with Crippen molar-refractivity contribution in [3.8, 4) is 0 Å². The molecule has 110 valence electrons. The molecule has 22 heavy (non-hydrogen) atoms. The predicted octanol–water partition coefficient (Wildman–Crippen LogP) is 4.01. The number of thioether (sulfide) groups is 1. The molecule has 0 radical (unpaired) electrons. The largest absolute Gasteiger partial charge is 0.312 e. The highest BCUT2D eigenvalue weighted by Gasteiger charge is 2.36. The van der Waals surface area contributed by atoms with Crippen molar-refractivity contribution in [1.82, 2.24) is 0 Å². The van der Waals surface area contributed by atoms with Crippen LogP contribution in [0.2, 0.25) is 0 Å². The van der Waals surface area contributed by atoms with Gasteiger partial charge in [0.05, 0.1) is 16.7 Å². The molecule has 0 saturated heterocycles. The zero-order chi connectivity index (χ0) is 15.1. The van der Waals surface area contributed by atoms with Crippen LogP contribution in [0.1, 0.15) is 18.0 Å². The Morgan fingerprint density at radius 2 is 2.05 bits per heavy atom. The van der Waals surface area contributed by atoms with E-state index in [2.05, 4.69) is 22.0 Å². The van der Waals surface area contributed by atoms with Gasteiger partial charge in [-0.1, -0.05) is 30.3 Å². The van der Waals surface area contributed by atoms with Crippen LogP contribution in [0, 0.1) is 10.1 Å². The number of non-ortho nitro benzene ring substituents is 1. The fourth-order valence-corrected chi connectivity index (χ4v) is 4.09. The van der Waals surface area contributed by atoms with E-state index in [1.807, 2.05) is 24.3 Å². The normalized spacial score (nSPS) is 19.4. The molecule has 0 N–H and O–H groups in total. The summed E-state index contributed by atoms with van der Waals surface area (Å²) in [5.41, 5.74) is 2.40. The lowest BCUT2D eigenvalue weighted by Gasteiger charge is -2.33. The van der Waals surface area contributed by atoms with Crippen molar-refractivity contribution in [3.05, 3.63) is 64.2 Å². The molecule has 2 aromatic rings. The third-order valence-electron chi connectivity index (χ3n) is 3.97. The number of fused-ring (bicyclic) bond motifs is 3. The van der Waals surface area contributed by atoms with E-state index in [1.165, 1.54) is 17.3 Å². The molecule has 0 bridgehead atoms. The Morgan fingerprint density at radius 1 is 1.23 bits per heavy atom. The summed E-state index contributed by atoms with van der Waals surface area (Å²) in [6, 6.07) is 15.6. The first-order valence-corrected chi connectivity index (χ1v) is 7.90. The summed E-state index contributed by atoms with van der Waals surface area (Å²) in [5.74, 6) is 0. The zero-order valence-electron chi connectivity index (χ0n) is 11.7. The van der Waals surface area contributed by atoms with Crippen molar-refractivity contribution in [2.75, 3.05) is 11.4 Å². The van der Waals surface area contributed by atoms with Gasteiger partial charge in [0, 0.05) is 23.6 Å². The lowest BCUT2D eigenvalue weighted by Crippen LogP contribution is -2.34. The second-order valence-electron chi connectivity index (χ2n) is 5.26. The minimum absolute atomic E-state index is 0.128. The van der Waals surface area contributed by atoms with Gasteiger partial charge in [-0.2, -0.15) is 0 Å². The van der Waals surface area contributed by atoms with Crippen LogP contribution in [-0.2, 0) is 0 Å². The third kappa shape index (κ3) is 2.07. The molecule has 5 nitrogen and oxygen atoms in total. The van der Waals surface area contributed by atoms with Gasteiger partial charge in [-0.25, -0.2) is 0 Å². The maximum atomic E-state index is 11.0. The summed E-state index contributed by atoms with van der Waals surface area (Å²) in [7, 11) is 0. The highest BCUT2D eigenvalue weighted by atomic mass is 32.2. The molecule has 0 amide bonds. The first kappa shape index (κ1) is 13.3. The molecule has 1 atom stereocenters. The van der Waals surface area contributed by atoms with Gasteiger partial charge in [-0.3, -0.25) is 15.1 Å². The molecule has 6 heteroatoms. The number of benzene rings is 2. The van der Waals surface area contributed by atoms with Gasteiger partial charge in [0.15, 0.2) is 5.17 Å². The Labute approximate surface area is 131 Å². The molecule has 1 unspecified atom stereocenters. The number of nitrogens with zero attached hydrogens (tertiary/aromatic N) is 3. The van der Waals surface area contributed by atoms with E-state index in [0.29, 0.717) is 0 Å². The summed E-state index contributed by atoms with van der Waals surface area (Å²) in [5, 5.41) is 11.9. The van der Waals surface area contributed by atoms with Crippen LogP contribution in [0.3, 0.4) is 0 Å². The lowest BCUT2D eigenvalue weighted by molar-refractivity contribution is -0.385. The van der Waals surface area contributed by atoms with Crippen molar-refractivity contribution >= 4 is 28.3 Å². The Bertz CT molecular complexity index is 776. The number of hydrogen-bond donors (Lipinski definition) is 0. The van der Waals surface area contributed by atoms with E-state index in [0.717, 1.165) is 28.7 Å². The first-order chi connectivity index (χ1) is 10.7. The number of nitro groups is 1. The molecule has 0 saturated carbocycles. The molecular formula is C16H13N3O2S. The molecule has 0 spiro atoms. The van der Waals surface area contributed by atoms with Crippen LogP contribution in [0.5, 0.6) is 0 Å².